The zero-order valence-electron chi connectivity index (χ0n) is 11.6. The van der Waals surface area contributed by atoms with Crippen LogP contribution in [0.15, 0.2) is 23.2 Å². The Morgan fingerprint density at radius 3 is 2.68 bits per heavy atom. The first-order valence-electron chi connectivity index (χ1n) is 5.76. The Morgan fingerprint density at radius 1 is 1.37 bits per heavy atom. The molecule has 0 aliphatic carbocycles. The highest BCUT2D eigenvalue weighted by Gasteiger charge is 2.05. The van der Waals surface area contributed by atoms with Crippen LogP contribution in [0.1, 0.15) is 5.56 Å². The molecule has 0 amide bonds. The number of hydrogen-bond acceptors (Lipinski definition) is 3. The van der Waals surface area contributed by atoms with E-state index in [2.05, 4.69) is 10.3 Å². The predicted molar refractivity (Wildman–Crippen MR) is 81.2 cm³/mol. The standard InChI is InChI=1S/C13H19N3O2S/c1-16(2)9-15-13(19)14-8-10-5-6-11(17-3)7-12(10)18-4/h5-7,9H,8H2,1-4H3,(H,14,19)/b15-9+. The van der Waals surface area contributed by atoms with E-state index in [-0.39, 0.29) is 0 Å². The van der Waals surface area contributed by atoms with Crippen molar-refractivity contribution in [3.8, 4) is 11.5 Å². The molecule has 1 aromatic rings. The monoisotopic (exact) mass is 281 g/mol. The molecule has 0 heterocycles. The summed E-state index contributed by atoms with van der Waals surface area (Å²) in [5, 5.41) is 3.49. The summed E-state index contributed by atoms with van der Waals surface area (Å²) in [7, 11) is 7.02. The molecule has 0 bridgehead atoms. The highest BCUT2D eigenvalue weighted by atomic mass is 32.1. The van der Waals surface area contributed by atoms with Crippen molar-refractivity contribution in [3.63, 3.8) is 0 Å². The van der Waals surface area contributed by atoms with Gasteiger partial charge < -0.3 is 19.7 Å². The molecule has 104 valence electrons. The van der Waals surface area contributed by atoms with Gasteiger partial charge in [-0.25, -0.2) is 4.99 Å². The molecule has 0 aromatic heterocycles. The lowest BCUT2D eigenvalue weighted by atomic mass is 10.2. The van der Waals surface area contributed by atoms with Gasteiger partial charge in [-0.15, -0.1) is 0 Å². The normalized spacial score (nSPS) is 10.3. The van der Waals surface area contributed by atoms with Crippen LogP contribution in [0.2, 0.25) is 0 Å². The zero-order chi connectivity index (χ0) is 14.3. The Labute approximate surface area is 119 Å². The Kier molecular flexibility index (Phi) is 6.08. The van der Waals surface area contributed by atoms with Crippen LogP contribution in [0.5, 0.6) is 11.5 Å². The van der Waals surface area contributed by atoms with E-state index in [1.165, 1.54) is 0 Å². The summed E-state index contributed by atoms with van der Waals surface area (Å²) in [6.07, 6.45) is 1.65. The van der Waals surface area contributed by atoms with Gasteiger partial charge in [-0.3, -0.25) is 0 Å². The number of methoxy groups -OCH3 is 2. The van der Waals surface area contributed by atoms with Crippen LogP contribution >= 0.6 is 12.2 Å². The van der Waals surface area contributed by atoms with Gasteiger partial charge in [0.15, 0.2) is 5.11 Å². The summed E-state index contributed by atoms with van der Waals surface area (Å²) >= 11 is 5.10. The lowest BCUT2D eigenvalue weighted by molar-refractivity contribution is 0.390. The molecule has 1 rings (SSSR count). The van der Waals surface area contributed by atoms with Crippen molar-refractivity contribution in [1.29, 1.82) is 0 Å². The van der Waals surface area contributed by atoms with Gasteiger partial charge in [0.1, 0.15) is 11.5 Å². The minimum Gasteiger partial charge on any atom is -0.497 e. The van der Waals surface area contributed by atoms with E-state index < -0.39 is 0 Å². The number of ether oxygens (including phenoxy) is 2. The minimum atomic E-state index is 0.437. The molecule has 0 atom stereocenters. The van der Waals surface area contributed by atoms with Crippen molar-refractivity contribution in [2.75, 3.05) is 28.3 Å². The number of nitrogens with zero attached hydrogens (tertiary/aromatic N) is 2. The number of hydrogen-bond donors (Lipinski definition) is 1. The van der Waals surface area contributed by atoms with Gasteiger partial charge in [-0.1, -0.05) is 0 Å². The van der Waals surface area contributed by atoms with Gasteiger partial charge in [-0.05, 0) is 24.4 Å². The molecular formula is C13H19N3O2S. The molecule has 1 aromatic carbocycles. The molecule has 0 spiro atoms. The molecule has 6 heteroatoms. The van der Waals surface area contributed by atoms with E-state index in [4.69, 9.17) is 21.7 Å². The van der Waals surface area contributed by atoms with E-state index in [0.717, 1.165) is 17.1 Å². The summed E-state index contributed by atoms with van der Waals surface area (Å²) in [5.74, 6) is 1.51. The first-order chi connectivity index (χ1) is 9.06. The Hall–Kier alpha value is -1.82. The van der Waals surface area contributed by atoms with Crippen molar-refractivity contribution in [2.24, 2.45) is 4.99 Å². The van der Waals surface area contributed by atoms with Crippen LogP contribution < -0.4 is 14.8 Å². The molecule has 0 aliphatic heterocycles. The second-order valence-electron chi connectivity index (χ2n) is 4.04. The summed E-state index contributed by atoms with van der Waals surface area (Å²) in [5.41, 5.74) is 0.991. The van der Waals surface area contributed by atoms with E-state index >= 15 is 0 Å². The Bertz CT molecular complexity index is 461. The van der Waals surface area contributed by atoms with E-state index in [9.17, 15) is 0 Å². The van der Waals surface area contributed by atoms with E-state index in [0.29, 0.717) is 11.7 Å². The van der Waals surface area contributed by atoms with E-state index in [1.54, 1.807) is 20.6 Å². The van der Waals surface area contributed by atoms with Gasteiger partial charge in [0, 0.05) is 32.3 Å². The fourth-order valence-corrected chi connectivity index (χ4v) is 1.50. The van der Waals surface area contributed by atoms with Gasteiger partial charge in [0.2, 0.25) is 0 Å². The molecule has 0 fully saturated rings. The van der Waals surface area contributed by atoms with Crippen LogP contribution in [0.4, 0.5) is 0 Å². The van der Waals surface area contributed by atoms with Crippen LogP contribution in [-0.2, 0) is 6.54 Å². The maximum absolute atomic E-state index is 5.31. The summed E-state index contributed by atoms with van der Waals surface area (Å²) < 4.78 is 10.5. The smallest absolute Gasteiger partial charge is 0.194 e. The summed E-state index contributed by atoms with van der Waals surface area (Å²) in [6, 6.07) is 5.65. The molecule has 0 radical (unpaired) electrons. The molecule has 0 unspecified atom stereocenters. The molecule has 0 saturated carbocycles. The van der Waals surface area contributed by atoms with Crippen LogP contribution in [0.25, 0.3) is 0 Å². The largest absolute Gasteiger partial charge is 0.497 e. The van der Waals surface area contributed by atoms with Crippen LogP contribution in [-0.4, -0.2) is 44.7 Å². The number of aliphatic imine (C=N–C) groups is 1. The van der Waals surface area contributed by atoms with Crippen molar-refractivity contribution in [3.05, 3.63) is 23.8 Å². The molecule has 0 saturated heterocycles. The summed E-state index contributed by atoms with van der Waals surface area (Å²) in [4.78, 5) is 5.91. The Balaban J connectivity index is 2.64. The average Bonchev–Trinajstić information content (AvgIpc) is 2.42. The predicted octanol–water partition coefficient (Wildman–Crippen LogP) is 1.67. The van der Waals surface area contributed by atoms with Gasteiger partial charge in [0.05, 0.1) is 20.6 Å². The van der Waals surface area contributed by atoms with Crippen molar-refractivity contribution in [2.45, 2.75) is 6.54 Å². The molecule has 5 nitrogen and oxygen atoms in total. The maximum Gasteiger partial charge on any atom is 0.194 e. The fraction of sp³-hybridized carbons (Fsp3) is 0.385. The van der Waals surface area contributed by atoms with Gasteiger partial charge in [0.25, 0.3) is 0 Å². The third-order valence-electron chi connectivity index (χ3n) is 2.33. The minimum absolute atomic E-state index is 0.437. The number of benzene rings is 1. The average molecular weight is 281 g/mol. The van der Waals surface area contributed by atoms with Crippen molar-refractivity contribution >= 4 is 23.7 Å². The van der Waals surface area contributed by atoms with Crippen molar-refractivity contribution < 1.29 is 9.47 Å². The van der Waals surface area contributed by atoms with Crippen molar-refractivity contribution in [1.82, 2.24) is 10.2 Å². The highest BCUT2D eigenvalue weighted by molar-refractivity contribution is 7.80. The van der Waals surface area contributed by atoms with Crippen LogP contribution in [0, 0.1) is 0 Å². The summed E-state index contributed by atoms with van der Waals surface area (Å²) in [6.45, 7) is 0.552. The molecule has 19 heavy (non-hydrogen) atoms. The number of rotatable bonds is 5. The SMILES string of the molecule is COc1ccc(CNC(=S)/N=C/N(C)C)c(OC)c1. The second-order valence-corrected chi connectivity index (χ2v) is 4.43. The number of thiocarbonyl (C=S) groups is 1. The zero-order valence-corrected chi connectivity index (χ0v) is 12.5. The maximum atomic E-state index is 5.31. The van der Waals surface area contributed by atoms with E-state index in [1.807, 2.05) is 37.2 Å². The topological polar surface area (TPSA) is 46.1 Å². The lowest BCUT2D eigenvalue weighted by Gasteiger charge is -2.11. The molecule has 0 aliphatic rings. The first kappa shape index (κ1) is 15.2. The quantitative estimate of drug-likeness (QED) is 0.505. The fourth-order valence-electron chi connectivity index (χ4n) is 1.38. The number of nitrogens with one attached hydrogen (secondary N) is 1. The molecule has 1 N–H and O–H groups in total. The first-order valence-corrected chi connectivity index (χ1v) is 6.17. The second kappa shape index (κ2) is 7.58. The molecular weight excluding hydrogens is 262 g/mol. The van der Waals surface area contributed by atoms with Gasteiger partial charge in [-0.2, -0.15) is 0 Å². The Morgan fingerprint density at radius 2 is 2.11 bits per heavy atom. The lowest BCUT2D eigenvalue weighted by Crippen LogP contribution is -2.21. The third kappa shape index (κ3) is 5.13. The van der Waals surface area contributed by atoms with Crippen LogP contribution in [0.3, 0.4) is 0 Å². The third-order valence-corrected chi connectivity index (χ3v) is 2.58. The van der Waals surface area contributed by atoms with Gasteiger partial charge >= 0.3 is 0 Å². The highest BCUT2D eigenvalue weighted by Crippen LogP contribution is 2.24.